The minimum atomic E-state index is -0.573. The number of amides is 1. The normalized spacial score (nSPS) is 18.7. The van der Waals surface area contributed by atoms with Gasteiger partial charge in [0.15, 0.2) is 0 Å². The molecule has 1 amide bonds. The van der Waals surface area contributed by atoms with Crippen molar-refractivity contribution in [1.29, 1.82) is 0 Å². The summed E-state index contributed by atoms with van der Waals surface area (Å²) in [7, 11) is 0. The zero-order chi connectivity index (χ0) is 13.2. The summed E-state index contributed by atoms with van der Waals surface area (Å²) in [4.78, 5) is 12.3. The van der Waals surface area contributed by atoms with Crippen LogP contribution in [0.4, 0.5) is 5.69 Å². The highest BCUT2D eigenvalue weighted by Crippen LogP contribution is 2.31. The van der Waals surface area contributed by atoms with Gasteiger partial charge in [-0.3, -0.25) is 4.79 Å². The van der Waals surface area contributed by atoms with E-state index in [-0.39, 0.29) is 18.4 Å². The SMILES string of the molecule is CC(C)(CO)NC(=O)C1CCNc2ccccc21. The smallest absolute Gasteiger partial charge is 0.228 e. The number of carbonyl (C=O) groups is 1. The Balaban J connectivity index is 2.18. The fraction of sp³-hybridized carbons (Fsp3) is 0.500. The zero-order valence-electron chi connectivity index (χ0n) is 10.9. The summed E-state index contributed by atoms with van der Waals surface area (Å²) in [6.45, 7) is 4.37. The summed E-state index contributed by atoms with van der Waals surface area (Å²) in [5, 5.41) is 15.4. The van der Waals surface area contributed by atoms with Crippen LogP contribution >= 0.6 is 0 Å². The van der Waals surface area contributed by atoms with Gasteiger partial charge in [-0.05, 0) is 31.9 Å². The predicted octanol–water partition coefficient (Wildman–Crippen LogP) is 1.47. The van der Waals surface area contributed by atoms with E-state index in [0.717, 1.165) is 24.2 Å². The van der Waals surface area contributed by atoms with Gasteiger partial charge in [0.25, 0.3) is 0 Å². The van der Waals surface area contributed by atoms with Crippen LogP contribution in [0, 0.1) is 0 Å². The minimum absolute atomic E-state index is 0.0111. The Bertz CT molecular complexity index is 443. The molecule has 3 N–H and O–H groups in total. The third-order valence-corrected chi connectivity index (χ3v) is 3.26. The van der Waals surface area contributed by atoms with E-state index < -0.39 is 5.54 Å². The van der Waals surface area contributed by atoms with Gasteiger partial charge >= 0.3 is 0 Å². The van der Waals surface area contributed by atoms with E-state index in [9.17, 15) is 9.90 Å². The van der Waals surface area contributed by atoms with Crippen molar-refractivity contribution in [3.63, 3.8) is 0 Å². The lowest BCUT2D eigenvalue weighted by Gasteiger charge is -2.30. The van der Waals surface area contributed by atoms with Gasteiger partial charge in [-0.25, -0.2) is 0 Å². The van der Waals surface area contributed by atoms with Crippen molar-refractivity contribution in [1.82, 2.24) is 5.32 Å². The van der Waals surface area contributed by atoms with Crippen molar-refractivity contribution in [2.45, 2.75) is 31.7 Å². The lowest BCUT2D eigenvalue weighted by atomic mass is 9.89. The molecule has 18 heavy (non-hydrogen) atoms. The molecule has 4 heteroatoms. The Morgan fingerprint density at radius 2 is 2.22 bits per heavy atom. The van der Waals surface area contributed by atoms with Gasteiger partial charge in [0.05, 0.1) is 18.1 Å². The Labute approximate surface area is 107 Å². The second-order valence-electron chi connectivity index (χ2n) is 5.39. The average Bonchev–Trinajstić information content (AvgIpc) is 2.37. The number of aliphatic hydroxyl groups is 1. The van der Waals surface area contributed by atoms with E-state index in [4.69, 9.17) is 0 Å². The first-order chi connectivity index (χ1) is 8.53. The fourth-order valence-corrected chi connectivity index (χ4v) is 2.20. The minimum Gasteiger partial charge on any atom is -0.394 e. The number of anilines is 1. The van der Waals surface area contributed by atoms with Crippen LogP contribution in [0.5, 0.6) is 0 Å². The van der Waals surface area contributed by atoms with Gasteiger partial charge in [0.1, 0.15) is 0 Å². The number of nitrogens with one attached hydrogen (secondary N) is 2. The molecule has 0 aromatic heterocycles. The number of aliphatic hydroxyl groups excluding tert-OH is 1. The van der Waals surface area contributed by atoms with Gasteiger partial charge < -0.3 is 15.7 Å². The van der Waals surface area contributed by atoms with E-state index >= 15 is 0 Å². The first-order valence-corrected chi connectivity index (χ1v) is 6.29. The monoisotopic (exact) mass is 248 g/mol. The van der Waals surface area contributed by atoms with E-state index in [1.807, 2.05) is 38.1 Å². The first kappa shape index (κ1) is 12.9. The largest absolute Gasteiger partial charge is 0.394 e. The molecule has 0 saturated heterocycles. The highest BCUT2D eigenvalue weighted by atomic mass is 16.3. The van der Waals surface area contributed by atoms with Gasteiger partial charge in [-0.1, -0.05) is 18.2 Å². The van der Waals surface area contributed by atoms with E-state index in [0.29, 0.717) is 0 Å². The predicted molar refractivity (Wildman–Crippen MR) is 71.6 cm³/mol. The van der Waals surface area contributed by atoms with Gasteiger partial charge in [-0.2, -0.15) is 0 Å². The van der Waals surface area contributed by atoms with Crippen LogP contribution in [0.3, 0.4) is 0 Å². The van der Waals surface area contributed by atoms with Gasteiger partial charge in [0.2, 0.25) is 5.91 Å². The molecule has 1 unspecified atom stereocenters. The molecule has 2 rings (SSSR count). The highest BCUT2D eigenvalue weighted by molar-refractivity contribution is 5.86. The summed E-state index contributed by atoms with van der Waals surface area (Å²) in [6.07, 6.45) is 0.782. The molecule has 1 aliphatic heterocycles. The number of para-hydroxylation sites is 1. The Morgan fingerprint density at radius 3 is 2.94 bits per heavy atom. The van der Waals surface area contributed by atoms with Crippen molar-refractivity contribution >= 4 is 11.6 Å². The number of benzene rings is 1. The van der Waals surface area contributed by atoms with Crippen molar-refractivity contribution in [3.8, 4) is 0 Å². The van der Waals surface area contributed by atoms with Crippen LogP contribution < -0.4 is 10.6 Å². The van der Waals surface area contributed by atoms with E-state index in [2.05, 4.69) is 10.6 Å². The van der Waals surface area contributed by atoms with Crippen LogP contribution in [0.15, 0.2) is 24.3 Å². The van der Waals surface area contributed by atoms with Crippen molar-refractivity contribution in [3.05, 3.63) is 29.8 Å². The maximum atomic E-state index is 12.3. The van der Waals surface area contributed by atoms with Crippen LogP contribution in [-0.2, 0) is 4.79 Å². The number of rotatable bonds is 3. The molecule has 1 aromatic carbocycles. The highest BCUT2D eigenvalue weighted by Gasteiger charge is 2.29. The third-order valence-electron chi connectivity index (χ3n) is 3.26. The molecule has 0 radical (unpaired) electrons. The Morgan fingerprint density at radius 1 is 1.50 bits per heavy atom. The summed E-state index contributed by atoms with van der Waals surface area (Å²) in [6, 6.07) is 7.89. The molecule has 0 aliphatic carbocycles. The lowest BCUT2D eigenvalue weighted by Crippen LogP contribution is -2.48. The Hall–Kier alpha value is -1.55. The van der Waals surface area contributed by atoms with Crippen LogP contribution in [-0.4, -0.2) is 29.7 Å². The molecule has 0 saturated carbocycles. The second kappa shape index (κ2) is 4.98. The number of fused-ring (bicyclic) bond motifs is 1. The number of hydrogen-bond donors (Lipinski definition) is 3. The standard InChI is InChI=1S/C14H20N2O2/c1-14(2,9-17)16-13(18)11-7-8-15-12-6-4-3-5-10(11)12/h3-6,11,15,17H,7-9H2,1-2H3,(H,16,18). The molecule has 0 spiro atoms. The molecule has 1 atom stereocenters. The summed E-state index contributed by atoms with van der Waals surface area (Å²) < 4.78 is 0. The van der Waals surface area contributed by atoms with E-state index in [1.54, 1.807) is 0 Å². The summed E-state index contributed by atoms with van der Waals surface area (Å²) in [5.74, 6) is -0.142. The second-order valence-corrected chi connectivity index (χ2v) is 5.39. The molecule has 1 aromatic rings. The quantitative estimate of drug-likeness (QED) is 0.759. The van der Waals surface area contributed by atoms with Crippen molar-refractivity contribution in [2.75, 3.05) is 18.5 Å². The zero-order valence-corrected chi connectivity index (χ0v) is 10.9. The summed E-state index contributed by atoms with van der Waals surface area (Å²) in [5.41, 5.74) is 1.50. The molecular weight excluding hydrogens is 228 g/mol. The maximum absolute atomic E-state index is 12.3. The molecular formula is C14H20N2O2. The van der Waals surface area contributed by atoms with Crippen LogP contribution in [0.1, 0.15) is 31.7 Å². The van der Waals surface area contributed by atoms with Gasteiger partial charge in [-0.15, -0.1) is 0 Å². The average molecular weight is 248 g/mol. The van der Waals surface area contributed by atoms with Crippen molar-refractivity contribution in [2.24, 2.45) is 0 Å². The maximum Gasteiger partial charge on any atom is 0.228 e. The lowest BCUT2D eigenvalue weighted by molar-refractivity contribution is -0.124. The molecule has 0 fully saturated rings. The summed E-state index contributed by atoms with van der Waals surface area (Å²) >= 11 is 0. The molecule has 1 heterocycles. The van der Waals surface area contributed by atoms with Crippen LogP contribution in [0.2, 0.25) is 0 Å². The molecule has 1 aliphatic rings. The molecule has 4 nitrogen and oxygen atoms in total. The van der Waals surface area contributed by atoms with Gasteiger partial charge in [0, 0.05) is 12.2 Å². The number of carbonyl (C=O) groups excluding carboxylic acids is 1. The van der Waals surface area contributed by atoms with Crippen molar-refractivity contribution < 1.29 is 9.90 Å². The Kier molecular flexibility index (Phi) is 3.57. The van der Waals surface area contributed by atoms with E-state index in [1.165, 1.54) is 0 Å². The topological polar surface area (TPSA) is 61.4 Å². The molecule has 0 bridgehead atoms. The first-order valence-electron chi connectivity index (χ1n) is 6.29. The fourth-order valence-electron chi connectivity index (χ4n) is 2.20. The third kappa shape index (κ3) is 2.64. The van der Waals surface area contributed by atoms with Crippen LogP contribution in [0.25, 0.3) is 0 Å². The molecule has 98 valence electrons. The number of hydrogen-bond acceptors (Lipinski definition) is 3.